The number of aliphatic hydroxyl groups is 1. The number of aliphatic hydroxyl groups excluding tert-OH is 1. The van der Waals surface area contributed by atoms with Crippen LogP contribution in [0, 0.1) is 0 Å². The number of urea groups is 1. The number of carbonyl (C=O) groups excluding carboxylic acids is 1. The highest BCUT2D eigenvalue weighted by Crippen LogP contribution is 2.19. The summed E-state index contributed by atoms with van der Waals surface area (Å²) in [5.41, 5.74) is 1.97. The topological polar surface area (TPSA) is 74.5 Å². The van der Waals surface area contributed by atoms with Gasteiger partial charge in [-0.05, 0) is 42.7 Å². The Morgan fingerprint density at radius 2 is 1.87 bits per heavy atom. The van der Waals surface area contributed by atoms with Gasteiger partial charge in [0, 0.05) is 18.2 Å². The summed E-state index contributed by atoms with van der Waals surface area (Å²) in [6.07, 6.45) is 1.17. The summed E-state index contributed by atoms with van der Waals surface area (Å²) < 4.78 is 5.15. The fourth-order valence-electron chi connectivity index (χ4n) is 2.33. The van der Waals surface area contributed by atoms with Crippen molar-refractivity contribution in [3.63, 3.8) is 0 Å². The Balaban J connectivity index is 1.81. The highest BCUT2D eigenvalue weighted by Gasteiger charge is 2.16. The number of carbonyl (C=O) groups is 1. The normalized spacial score (nSPS) is 13.6. The number of anilines is 1. The van der Waals surface area contributed by atoms with Gasteiger partial charge in [0.1, 0.15) is 11.9 Å². The Bertz CT molecular complexity index is 606. The molecule has 5 heteroatoms. The van der Waals surface area contributed by atoms with Crippen molar-refractivity contribution in [3.8, 4) is 0 Å². The number of amides is 2. The Labute approximate surface area is 136 Å². The minimum absolute atomic E-state index is 0.190. The van der Waals surface area contributed by atoms with Crippen LogP contribution >= 0.6 is 0 Å². The first-order valence-electron chi connectivity index (χ1n) is 7.84. The minimum Gasteiger partial charge on any atom is -0.467 e. The summed E-state index contributed by atoms with van der Waals surface area (Å²) in [5, 5.41) is 15.6. The molecule has 2 rings (SSSR count). The summed E-state index contributed by atoms with van der Waals surface area (Å²) in [5.74, 6) is 0.962. The molecule has 1 heterocycles. The van der Waals surface area contributed by atoms with Crippen LogP contribution in [0.1, 0.15) is 50.5 Å². The molecule has 23 heavy (non-hydrogen) atoms. The van der Waals surface area contributed by atoms with Gasteiger partial charge in [-0.1, -0.05) is 26.0 Å². The molecule has 1 aromatic heterocycles. The van der Waals surface area contributed by atoms with E-state index in [1.807, 2.05) is 31.2 Å². The predicted molar refractivity (Wildman–Crippen MR) is 90.4 cm³/mol. The first kappa shape index (κ1) is 17.1. The smallest absolute Gasteiger partial charge is 0.319 e. The lowest BCUT2D eigenvalue weighted by atomic mass is 10.0. The average Bonchev–Trinajstić information content (AvgIpc) is 3.01. The third kappa shape index (κ3) is 5.14. The van der Waals surface area contributed by atoms with E-state index in [4.69, 9.17) is 4.42 Å². The third-order valence-corrected chi connectivity index (χ3v) is 3.66. The van der Waals surface area contributed by atoms with Crippen molar-refractivity contribution in [1.82, 2.24) is 5.32 Å². The van der Waals surface area contributed by atoms with Crippen molar-refractivity contribution in [2.24, 2.45) is 0 Å². The molecule has 3 N–H and O–H groups in total. The first-order valence-corrected chi connectivity index (χ1v) is 7.84. The fraction of sp³-hybridized carbons (Fsp3) is 0.389. The predicted octanol–water partition coefficient (Wildman–Crippen LogP) is 4.04. The Kier molecular flexibility index (Phi) is 5.82. The molecule has 0 aliphatic carbocycles. The number of rotatable bonds is 6. The van der Waals surface area contributed by atoms with Crippen molar-refractivity contribution in [3.05, 3.63) is 54.0 Å². The number of benzene rings is 1. The van der Waals surface area contributed by atoms with E-state index in [2.05, 4.69) is 24.5 Å². The second-order valence-electron chi connectivity index (χ2n) is 6.04. The van der Waals surface area contributed by atoms with Crippen LogP contribution in [0.5, 0.6) is 0 Å². The zero-order chi connectivity index (χ0) is 16.8. The van der Waals surface area contributed by atoms with Crippen LogP contribution in [-0.2, 0) is 0 Å². The van der Waals surface area contributed by atoms with Crippen LogP contribution in [0.4, 0.5) is 10.5 Å². The molecule has 0 spiro atoms. The molecule has 2 unspecified atom stereocenters. The van der Waals surface area contributed by atoms with Crippen molar-refractivity contribution in [2.75, 3.05) is 5.32 Å². The molecule has 124 valence electrons. The summed E-state index contributed by atoms with van der Waals surface area (Å²) in [7, 11) is 0. The summed E-state index contributed by atoms with van der Waals surface area (Å²) in [4.78, 5) is 12.0. The molecule has 1 aromatic carbocycles. The Hall–Kier alpha value is -2.27. The monoisotopic (exact) mass is 316 g/mol. The van der Waals surface area contributed by atoms with E-state index in [1.165, 1.54) is 11.8 Å². The van der Waals surface area contributed by atoms with Gasteiger partial charge in [0.2, 0.25) is 0 Å². The molecule has 2 amide bonds. The van der Waals surface area contributed by atoms with Gasteiger partial charge in [0.25, 0.3) is 0 Å². The van der Waals surface area contributed by atoms with E-state index in [0.717, 1.165) is 5.69 Å². The maximum atomic E-state index is 12.0. The molecule has 5 nitrogen and oxygen atoms in total. The third-order valence-electron chi connectivity index (χ3n) is 3.66. The lowest BCUT2D eigenvalue weighted by Crippen LogP contribution is -2.37. The standard InChI is InChI=1S/C18H24N2O3/c1-12(2)14-6-8-15(9-7-14)20-18(22)19-13(3)11-16(21)17-5-4-10-23-17/h4-10,12-13,16,21H,11H2,1-3H3,(H2,19,20,22). The van der Waals surface area contributed by atoms with Crippen molar-refractivity contribution in [2.45, 2.75) is 45.3 Å². The molecule has 2 atom stereocenters. The van der Waals surface area contributed by atoms with Gasteiger partial charge in [0.05, 0.1) is 6.26 Å². The molecule has 0 saturated carbocycles. The molecule has 2 aromatic rings. The van der Waals surface area contributed by atoms with Gasteiger partial charge in [-0.2, -0.15) is 0 Å². The van der Waals surface area contributed by atoms with Crippen molar-refractivity contribution < 1.29 is 14.3 Å². The van der Waals surface area contributed by atoms with E-state index in [9.17, 15) is 9.90 Å². The van der Waals surface area contributed by atoms with E-state index in [0.29, 0.717) is 18.1 Å². The van der Waals surface area contributed by atoms with Gasteiger partial charge >= 0.3 is 6.03 Å². The van der Waals surface area contributed by atoms with Crippen LogP contribution in [0.15, 0.2) is 47.1 Å². The number of hydrogen-bond acceptors (Lipinski definition) is 3. The summed E-state index contributed by atoms with van der Waals surface area (Å²) in [6, 6.07) is 10.7. The molecule has 0 bridgehead atoms. The van der Waals surface area contributed by atoms with Crippen LogP contribution < -0.4 is 10.6 Å². The molecule has 0 aliphatic heterocycles. The van der Waals surface area contributed by atoms with E-state index >= 15 is 0 Å². The maximum Gasteiger partial charge on any atom is 0.319 e. The van der Waals surface area contributed by atoms with E-state index in [-0.39, 0.29) is 12.1 Å². The number of furan rings is 1. The van der Waals surface area contributed by atoms with Crippen LogP contribution in [0.25, 0.3) is 0 Å². The second kappa shape index (κ2) is 7.83. The van der Waals surface area contributed by atoms with Gasteiger partial charge in [-0.25, -0.2) is 4.79 Å². The quantitative estimate of drug-likeness (QED) is 0.753. The Morgan fingerprint density at radius 1 is 1.17 bits per heavy atom. The van der Waals surface area contributed by atoms with Crippen molar-refractivity contribution >= 4 is 11.7 Å². The molecule has 0 saturated heterocycles. The zero-order valence-electron chi connectivity index (χ0n) is 13.7. The lowest BCUT2D eigenvalue weighted by molar-refractivity contribution is 0.130. The molecule has 0 aliphatic rings. The molecule has 0 radical (unpaired) electrons. The largest absolute Gasteiger partial charge is 0.467 e. The van der Waals surface area contributed by atoms with Crippen LogP contribution in [0.3, 0.4) is 0 Å². The highest BCUT2D eigenvalue weighted by atomic mass is 16.4. The highest BCUT2D eigenvalue weighted by molar-refractivity contribution is 5.89. The molecular formula is C18H24N2O3. The molecular weight excluding hydrogens is 292 g/mol. The van der Waals surface area contributed by atoms with Gasteiger partial charge in [0.15, 0.2) is 0 Å². The van der Waals surface area contributed by atoms with Gasteiger partial charge < -0.3 is 20.2 Å². The minimum atomic E-state index is -0.731. The SMILES string of the molecule is CC(CC(O)c1ccco1)NC(=O)Nc1ccc(C(C)C)cc1. The summed E-state index contributed by atoms with van der Waals surface area (Å²) >= 11 is 0. The van der Waals surface area contributed by atoms with E-state index < -0.39 is 6.10 Å². The van der Waals surface area contributed by atoms with E-state index in [1.54, 1.807) is 12.1 Å². The lowest BCUT2D eigenvalue weighted by Gasteiger charge is -2.17. The Morgan fingerprint density at radius 3 is 2.43 bits per heavy atom. The van der Waals surface area contributed by atoms with Gasteiger partial charge in [-0.15, -0.1) is 0 Å². The summed E-state index contributed by atoms with van der Waals surface area (Å²) in [6.45, 7) is 6.09. The molecule has 0 fully saturated rings. The maximum absolute atomic E-state index is 12.0. The van der Waals surface area contributed by atoms with Crippen molar-refractivity contribution in [1.29, 1.82) is 0 Å². The number of nitrogens with one attached hydrogen (secondary N) is 2. The van der Waals surface area contributed by atoms with Crippen LogP contribution in [-0.4, -0.2) is 17.2 Å². The fourth-order valence-corrected chi connectivity index (χ4v) is 2.33. The average molecular weight is 316 g/mol. The number of hydrogen-bond donors (Lipinski definition) is 3. The first-order chi connectivity index (χ1) is 11.0. The second-order valence-corrected chi connectivity index (χ2v) is 6.04. The van der Waals surface area contributed by atoms with Crippen LogP contribution in [0.2, 0.25) is 0 Å². The zero-order valence-corrected chi connectivity index (χ0v) is 13.7. The van der Waals surface area contributed by atoms with Gasteiger partial charge in [-0.3, -0.25) is 0 Å².